The van der Waals surface area contributed by atoms with E-state index < -0.39 is 22.0 Å². The predicted molar refractivity (Wildman–Crippen MR) is 119 cm³/mol. The normalized spacial score (nSPS) is 15.2. The number of aryl methyl sites for hydroxylation is 1. The Morgan fingerprint density at radius 3 is 2.27 bits per heavy atom. The first-order valence-electron chi connectivity index (χ1n) is 10.0. The van der Waals surface area contributed by atoms with Crippen molar-refractivity contribution < 1.29 is 18.0 Å². The maximum Gasteiger partial charge on any atom is 0.247 e. The number of carbonyl (C=O) groups excluding carboxylic acids is 2. The van der Waals surface area contributed by atoms with Crippen LogP contribution in [-0.2, 0) is 26.0 Å². The summed E-state index contributed by atoms with van der Waals surface area (Å²) in [7, 11) is -3.67. The van der Waals surface area contributed by atoms with Crippen molar-refractivity contribution in [3.05, 3.63) is 54.1 Å². The second kappa shape index (κ2) is 8.87. The van der Waals surface area contributed by atoms with Crippen LogP contribution in [0, 0.1) is 0 Å². The second-order valence-electron chi connectivity index (χ2n) is 7.44. The quantitative estimate of drug-likeness (QED) is 0.732. The van der Waals surface area contributed by atoms with E-state index in [1.165, 1.54) is 0 Å². The van der Waals surface area contributed by atoms with Crippen LogP contribution in [0.5, 0.6) is 0 Å². The van der Waals surface area contributed by atoms with Gasteiger partial charge in [-0.05, 0) is 61.7 Å². The fourth-order valence-electron chi connectivity index (χ4n) is 3.58. The van der Waals surface area contributed by atoms with Gasteiger partial charge in [0, 0.05) is 24.3 Å². The average molecular weight is 430 g/mol. The fraction of sp³-hybridized carbons (Fsp3) is 0.364. The number of benzene rings is 2. The van der Waals surface area contributed by atoms with Crippen molar-refractivity contribution in [1.29, 1.82) is 0 Å². The molecule has 1 aliphatic heterocycles. The van der Waals surface area contributed by atoms with Crippen molar-refractivity contribution >= 4 is 38.9 Å². The van der Waals surface area contributed by atoms with E-state index in [0.717, 1.165) is 34.7 Å². The van der Waals surface area contributed by atoms with Gasteiger partial charge >= 0.3 is 0 Å². The molecule has 0 aliphatic carbocycles. The third kappa shape index (κ3) is 4.81. The van der Waals surface area contributed by atoms with E-state index in [-0.39, 0.29) is 5.91 Å². The van der Waals surface area contributed by atoms with Gasteiger partial charge in [-0.1, -0.05) is 19.1 Å². The van der Waals surface area contributed by atoms with Gasteiger partial charge in [0.1, 0.15) is 6.04 Å². The maximum absolute atomic E-state index is 12.8. The van der Waals surface area contributed by atoms with Gasteiger partial charge in [-0.3, -0.25) is 13.9 Å². The van der Waals surface area contributed by atoms with Crippen LogP contribution in [0.15, 0.2) is 48.5 Å². The highest BCUT2D eigenvalue weighted by atomic mass is 32.2. The number of nitrogens with one attached hydrogen (secondary N) is 1. The highest BCUT2D eigenvalue weighted by molar-refractivity contribution is 7.92. The van der Waals surface area contributed by atoms with E-state index in [9.17, 15) is 18.0 Å². The standard InChI is InChI=1S/C22H27N3O4S/c1-4-17-7-11-20(12-8-17)25(30(3,28)29)16(2)22(27)23-18-9-13-19(14-10-18)24-15-5-6-21(24)26/h7-14,16H,4-6,15H2,1-3H3,(H,23,27). The minimum Gasteiger partial charge on any atom is -0.324 e. The summed E-state index contributed by atoms with van der Waals surface area (Å²) in [5.74, 6) is -0.344. The van der Waals surface area contributed by atoms with Gasteiger partial charge in [0.15, 0.2) is 0 Å². The van der Waals surface area contributed by atoms with Gasteiger partial charge in [-0.15, -0.1) is 0 Å². The first kappa shape index (κ1) is 21.8. The largest absolute Gasteiger partial charge is 0.324 e. The summed E-state index contributed by atoms with van der Waals surface area (Å²) in [4.78, 5) is 26.4. The molecule has 7 nitrogen and oxygen atoms in total. The van der Waals surface area contributed by atoms with Crippen molar-refractivity contribution in [3.63, 3.8) is 0 Å². The Balaban J connectivity index is 1.75. The second-order valence-corrected chi connectivity index (χ2v) is 9.30. The SMILES string of the molecule is CCc1ccc(N(C(C)C(=O)Nc2ccc(N3CCCC3=O)cc2)S(C)(=O)=O)cc1. The molecule has 1 fully saturated rings. The molecule has 2 aromatic carbocycles. The van der Waals surface area contributed by atoms with Gasteiger partial charge in [0.05, 0.1) is 11.9 Å². The molecule has 2 amide bonds. The third-order valence-corrected chi connectivity index (χ3v) is 6.45. The monoisotopic (exact) mass is 429 g/mol. The van der Waals surface area contributed by atoms with E-state index >= 15 is 0 Å². The summed E-state index contributed by atoms with van der Waals surface area (Å²) in [6, 6.07) is 13.2. The number of anilines is 3. The highest BCUT2D eigenvalue weighted by Gasteiger charge is 2.29. The number of hydrogen-bond acceptors (Lipinski definition) is 4. The first-order valence-corrected chi connectivity index (χ1v) is 11.8. The van der Waals surface area contributed by atoms with Crippen LogP contribution in [0.2, 0.25) is 0 Å². The van der Waals surface area contributed by atoms with Crippen molar-refractivity contribution in [1.82, 2.24) is 0 Å². The summed E-state index contributed by atoms with van der Waals surface area (Å²) < 4.78 is 26.0. The molecule has 1 aliphatic rings. The summed E-state index contributed by atoms with van der Waals surface area (Å²) in [6.07, 6.45) is 3.33. The lowest BCUT2D eigenvalue weighted by Gasteiger charge is -2.28. The van der Waals surface area contributed by atoms with Gasteiger partial charge in [-0.25, -0.2) is 8.42 Å². The van der Waals surface area contributed by atoms with E-state index in [2.05, 4.69) is 5.32 Å². The highest BCUT2D eigenvalue weighted by Crippen LogP contribution is 2.25. The Morgan fingerprint density at radius 2 is 1.77 bits per heavy atom. The molecule has 160 valence electrons. The lowest BCUT2D eigenvalue weighted by atomic mass is 10.1. The van der Waals surface area contributed by atoms with E-state index in [1.807, 2.05) is 19.1 Å². The molecule has 1 heterocycles. The van der Waals surface area contributed by atoms with E-state index in [0.29, 0.717) is 24.3 Å². The van der Waals surface area contributed by atoms with Gasteiger partial charge in [0.25, 0.3) is 0 Å². The molecular formula is C22H27N3O4S. The number of carbonyl (C=O) groups is 2. The molecule has 0 bridgehead atoms. The molecule has 0 radical (unpaired) electrons. The molecule has 1 N–H and O–H groups in total. The lowest BCUT2D eigenvalue weighted by Crippen LogP contribution is -2.45. The van der Waals surface area contributed by atoms with Gasteiger partial charge in [0.2, 0.25) is 21.8 Å². The van der Waals surface area contributed by atoms with Crippen molar-refractivity contribution in [3.8, 4) is 0 Å². The zero-order valence-corrected chi connectivity index (χ0v) is 18.3. The topological polar surface area (TPSA) is 86.8 Å². The molecule has 30 heavy (non-hydrogen) atoms. The smallest absolute Gasteiger partial charge is 0.247 e. The molecular weight excluding hydrogens is 402 g/mol. The van der Waals surface area contributed by atoms with Gasteiger partial charge < -0.3 is 10.2 Å². The maximum atomic E-state index is 12.8. The number of amides is 2. The van der Waals surface area contributed by atoms with Crippen LogP contribution in [0.1, 0.15) is 32.3 Å². The zero-order chi connectivity index (χ0) is 21.9. The number of rotatable bonds is 7. The van der Waals surface area contributed by atoms with Crippen LogP contribution in [-0.4, -0.2) is 39.1 Å². The summed E-state index contributed by atoms with van der Waals surface area (Å²) in [5, 5.41) is 2.77. The molecule has 2 aromatic rings. The van der Waals surface area contributed by atoms with Crippen LogP contribution in [0.3, 0.4) is 0 Å². The molecule has 0 saturated carbocycles. The van der Waals surface area contributed by atoms with Crippen molar-refractivity contribution in [2.24, 2.45) is 0 Å². The summed E-state index contributed by atoms with van der Waals surface area (Å²) >= 11 is 0. The predicted octanol–water partition coefficient (Wildman–Crippen LogP) is 3.17. The molecule has 3 rings (SSSR count). The Kier molecular flexibility index (Phi) is 6.45. The number of nitrogens with zero attached hydrogens (tertiary/aromatic N) is 2. The molecule has 0 spiro atoms. The zero-order valence-electron chi connectivity index (χ0n) is 17.5. The van der Waals surface area contributed by atoms with Crippen LogP contribution in [0.4, 0.5) is 17.1 Å². The number of sulfonamides is 1. The van der Waals surface area contributed by atoms with Crippen molar-refractivity contribution in [2.45, 2.75) is 39.2 Å². The third-order valence-electron chi connectivity index (χ3n) is 5.21. The first-order chi connectivity index (χ1) is 14.2. The van der Waals surface area contributed by atoms with E-state index in [4.69, 9.17) is 0 Å². The fourth-order valence-corrected chi connectivity index (χ4v) is 4.75. The molecule has 1 atom stereocenters. The summed E-state index contributed by atoms with van der Waals surface area (Å²) in [6.45, 7) is 4.27. The van der Waals surface area contributed by atoms with Crippen LogP contribution >= 0.6 is 0 Å². The minimum absolute atomic E-state index is 0.0956. The average Bonchev–Trinajstić information content (AvgIpc) is 3.14. The molecule has 1 unspecified atom stereocenters. The van der Waals surface area contributed by atoms with Crippen LogP contribution < -0.4 is 14.5 Å². The molecule has 8 heteroatoms. The van der Waals surface area contributed by atoms with Gasteiger partial charge in [-0.2, -0.15) is 0 Å². The van der Waals surface area contributed by atoms with Crippen LogP contribution in [0.25, 0.3) is 0 Å². The Morgan fingerprint density at radius 1 is 1.13 bits per heavy atom. The molecule has 0 aromatic heterocycles. The lowest BCUT2D eigenvalue weighted by molar-refractivity contribution is -0.117. The van der Waals surface area contributed by atoms with Crippen molar-refractivity contribution in [2.75, 3.05) is 27.3 Å². The minimum atomic E-state index is -3.67. The van der Waals surface area contributed by atoms with E-state index in [1.54, 1.807) is 48.2 Å². The molecule has 1 saturated heterocycles. The summed E-state index contributed by atoms with van der Waals surface area (Å²) in [5.41, 5.74) is 2.86. The Bertz CT molecular complexity index is 1020. The Labute approximate surface area is 177 Å². The Hall–Kier alpha value is -2.87. The number of hydrogen-bond donors (Lipinski definition) is 1.